The van der Waals surface area contributed by atoms with Crippen molar-refractivity contribution in [2.75, 3.05) is 13.1 Å². The van der Waals surface area contributed by atoms with Gasteiger partial charge in [-0.25, -0.2) is 13.2 Å². The summed E-state index contributed by atoms with van der Waals surface area (Å²) in [7, 11) is -3.86. The summed E-state index contributed by atoms with van der Waals surface area (Å²) in [6, 6.07) is 10.1. The fourth-order valence-corrected chi connectivity index (χ4v) is 6.14. The molecule has 1 saturated heterocycles. The Hall–Kier alpha value is -1.60. The third-order valence-corrected chi connectivity index (χ3v) is 7.89. The number of carbonyl (C=O) groups is 1. The van der Waals surface area contributed by atoms with Gasteiger partial charge >= 0.3 is 5.97 Å². The van der Waals surface area contributed by atoms with Crippen LogP contribution in [-0.2, 0) is 20.4 Å². The summed E-state index contributed by atoms with van der Waals surface area (Å²) in [5.41, 5.74) is 0.918. The van der Waals surface area contributed by atoms with E-state index in [0.717, 1.165) is 5.56 Å². The Bertz CT molecular complexity index is 1050. The standard InChI is InChI=1S/C19H17Cl2NO4S/c1-12-9-17(16(21)10-15(12)20)27(24,25)22-8-4-7-19(11-22)14-6-3-2-5-13(14)18(23)26-19/h2-3,5-6,9-10H,4,7-8,11H2,1H3/t19-/m1/s1. The minimum atomic E-state index is -3.86. The predicted molar refractivity (Wildman–Crippen MR) is 103 cm³/mol. The molecule has 0 aliphatic carbocycles. The highest BCUT2D eigenvalue weighted by Gasteiger charge is 2.50. The van der Waals surface area contributed by atoms with Crippen molar-refractivity contribution in [2.45, 2.75) is 30.3 Å². The largest absolute Gasteiger partial charge is 0.449 e. The predicted octanol–water partition coefficient (Wildman–Crippen LogP) is 4.15. The quantitative estimate of drug-likeness (QED) is 0.677. The number of hydrogen-bond donors (Lipinski definition) is 0. The van der Waals surface area contributed by atoms with Crippen molar-refractivity contribution in [3.63, 3.8) is 0 Å². The van der Waals surface area contributed by atoms with Gasteiger partial charge in [0.05, 0.1) is 17.1 Å². The second-order valence-corrected chi connectivity index (χ2v) is 9.62. The lowest BCUT2D eigenvalue weighted by molar-refractivity contribution is -0.0345. The summed E-state index contributed by atoms with van der Waals surface area (Å²) >= 11 is 12.2. The van der Waals surface area contributed by atoms with Crippen LogP contribution in [0.1, 0.15) is 34.3 Å². The van der Waals surface area contributed by atoms with Gasteiger partial charge in [0.1, 0.15) is 4.90 Å². The van der Waals surface area contributed by atoms with Gasteiger partial charge in [-0.05, 0) is 43.5 Å². The number of halogens is 2. The Labute approximate surface area is 167 Å². The van der Waals surface area contributed by atoms with Gasteiger partial charge in [0, 0.05) is 17.1 Å². The van der Waals surface area contributed by atoms with Crippen molar-refractivity contribution in [1.82, 2.24) is 4.31 Å². The molecule has 0 N–H and O–H groups in total. The van der Waals surface area contributed by atoms with Crippen LogP contribution < -0.4 is 0 Å². The van der Waals surface area contributed by atoms with E-state index in [1.165, 1.54) is 16.4 Å². The van der Waals surface area contributed by atoms with Gasteiger partial charge in [-0.15, -0.1) is 0 Å². The van der Waals surface area contributed by atoms with E-state index in [4.69, 9.17) is 27.9 Å². The van der Waals surface area contributed by atoms with Gasteiger partial charge in [0.25, 0.3) is 0 Å². The Morgan fingerprint density at radius 2 is 1.89 bits per heavy atom. The number of hydrogen-bond acceptors (Lipinski definition) is 4. The highest BCUT2D eigenvalue weighted by molar-refractivity contribution is 7.89. The number of nitrogens with zero attached hydrogens (tertiary/aromatic N) is 1. The fraction of sp³-hybridized carbons (Fsp3) is 0.316. The zero-order valence-electron chi connectivity index (χ0n) is 14.5. The van der Waals surface area contributed by atoms with Crippen molar-refractivity contribution in [1.29, 1.82) is 0 Å². The van der Waals surface area contributed by atoms with Gasteiger partial charge in [0.2, 0.25) is 10.0 Å². The average molecular weight is 426 g/mol. The van der Waals surface area contributed by atoms with Crippen molar-refractivity contribution >= 4 is 39.2 Å². The van der Waals surface area contributed by atoms with Crippen LogP contribution in [0.3, 0.4) is 0 Å². The molecule has 142 valence electrons. The molecule has 0 amide bonds. The normalized spacial score (nSPS) is 22.7. The van der Waals surface area contributed by atoms with E-state index in [9.17, 15) is 13.2 Å². The first kappa shape index (κ1) is 18.7. The van der Waals surface area contributed by atoms with E-state index in [-0.39, 0.29) is 16.5 Å². The SMILES string of the molecule is Cc1cc(S(=O)(=O)N2CCC[C@]3(C2)OC(=O)c2ccccc23)c(Cl)cc1Cl. The number of esters is 1. The minimum Gasteiger partial charge on any atom is -0.449 e. The van der Waals surface area contributed by atoms with E-state index in [1.807, 2.05) is 12.1 Å². The summed E-state index contributed by atoms with van der Waals surface area (Å²) in [6.07, 6.45) is 1.15. The third kappa shape index (κ3) is 2.95. The number of rotatable bonds is 2. The van der Waals surface area contributed by atoms with E-state index < -0.39 is 21.6 Å². The van der Waals surface area contributed by atoms with E-state index in [2.05, 4.69) is 0 Å². The van der Waals surface area contributed by atoms with E-state index in [1.54, 1.807) is 19.1 Å². The molecule has 1 spiro atoms. The zero-order chi connectivity index (χ0) is 19.4. The number of aryl methyl sites for hydroxylation is 1. The number of benzene rings is 2. The van der Waals surface area contributed by atoms with Crippen LogP contribution in [0.15, 0.2) is 41.3 Å². The van der Waals surface area contributed by atoms with Gasteiger partial charge in [-0.1, -0.05) is 41.4 Å². The molecule has 27 heavy (non-hydrogen) atoms. The first-order chi connectivity index (χ1) is 12.7. The second kappa shape index (κ2) is 6.48. The molecular formula is C19H17Cl2NO4S. The van der Waals surface area contributed by atoms with Crippen LogP contribution in [0.4, 0.5) is 0 Å². The first-order valence-electron chi connectivity index (χ1n) is 8.53. The fourth-order valence-electron chi connectivity index (χ4n) is 3.81. The maximum absolute atomic E-state index is 13.3. The molecule has 8 heteroatoms. The van der Waals surface area contributed by atoms with Crippen LogP contribution in [-0.4, -0.2) is 31.8 Å². The molecule has 2 aliphatic heterocycles. The lowest BCUT2D eigenvalue weighted by atomic mass is 9.86. The van der Waals surface area contributed by atoms with Crippen molar-refractivity contribution in [3.05, 3.63) is 63.1 Å². The van der Waals surface area contributed by atoms with E-state index >= 15 is 0 Å². The average Bonchev–Trinajstić information content (AvgIpc) is 2.90. The highest BCUT2D eigenvalue weighted by atomic mass is 35.5. The van der Waals surface area contributed by atoms with Crippen molar-refractivity contribution in [2.24, 2.45) is 0 Å². The van der Waals surface area contributed by atoms with Crippen LogP contribution in [0.2, 0.25) is 10.0 Å². The molecule has 2 aromatic rings. The Morgan fingerprint density at radius 3 is 2.67 bits per heavy atom. The maximum Gasteiger partial charge on any atom is 0.339 e. The van der Waals surface area contributed by atoms with Gasteiger partial charge in [-0.3, -0.25) is 0 Å². The molecule has 0 saturated carbocycles. The first-order valence-corrected chi connectivity index (χ1v) is 10.7. The highest BCUT2D eigenvalue weighted by Crippen LogP contribution is 2.44. The lowest BCUT2D eigenvalue weighted by Crippen LogP contribution is -2.48. The molecule has 0 bridgehead atoms. The van der Waals surface area contributed by atoms with Crippen LogP contribution in [0.25, 0.3) is 0 Å². The van der Waals surface area contributed by atoms with Crippen LogP contribution >= 0.6 is 23.2 Å². The van der Waals surface area contributed by atoms with Crippen molar-refractivity contribution in [3.8, 4) is 0 Å². The van der Waals surface area contributed by atoms with Crippen LogP contribution in [0, 0.1) is 6.92 Å². The Morgan fingerprint density at radius 1 is 1.15 bits per heavy atom. The number of piperidine rings is 1. The summed E-state index contributed by atoms with van der Waals surface area (Å²) in [6.45, 7) is 2.13. The topological polar surface area (TPSA) is 63.7 Å². The third-order valence-electron chi connectivity index (χ3n) is 5.18. The lowest BCUT2D eigenvalue weighted by Gasteiger charge is -2.39. The molecule has 1 fully saturated rings. The number of ether oxygens (including phenoxy) is 1. The Kier molecular flexibility index (Phi) is 4.50. The zero-order valence-corrected chi connectivity index (χ0v) is 16.9. The summed E-state index contributed by atoms with van der Waals surface area (Å²) in [5, 5.41) is 0.488. The smallest absolute Gasteiger partial charge is 0.339 e. The van der Waals surface area contributed by atoms with Crippen LogP contribution in [0.5, 0.6) is 0 Å². The van der Waals surface area contributed by atoms with E-state index in [0.29, 0.717) is 35.5 Å². The molecule has 4 rings (SSSR count). The maximum atomic E-state index is 13.3. The van der Waals surface area contributed by atoms with Gasteiger partial charge in [-0.2, -0.15) is 4.31 Å². The minimum absolute atomic E-state index is 0.0146. The number of sulfonamides is 1. The molecule has 0 aromatic heterocycles. The van der Waals surface area contributed by atoms with Gasteiger partial charge < -0.3 is 4.74 Å². The molecular weight excluding hydrogens is 409 g/mol. The summed E-state index contributed by atoms with van der Waals surface area (Å²) < 4.78 is 33.6. The number of fused-ring (bicyclic) bond motifs is 2. The Balaban J connectivity index is 1.74. The molecule has 0 radical (unpaired) electrons. The molecule has 5 nitrogen and oxygen atoms in total. The molecule has 0 unspecified atom stereocenters. The molecule has 1 atom stereocenters. The summed E-state index contributed by atoms with van der Waals surface area (Å²) in [5.74, 6) is -0.412. The monoisotopic (exact) mass is 425 g/mol. The summed E-state index contributed by atoms with van der Waals surface area (Å²) in [4.78, 5) is 12.3. The van der Waals surface area contributed by atoms with Crippen molar-refractivity contribution < 1.29 is 17.9 Å². The number of carbonyl (C=O) groups excluding carboxylic acids is 1. The van der Waals surface area contributed by atoms with Gasteiger partial charge in [0.15, 0.2) is 5.60 Å². The molecule has 2 aromatic carbocycles. The molecule has 2 aliphatic rings. The second-order valence-electron chi connectivity index (χ2n) is 6.90. The molecule has 2 heterocycles.